The number of ketones is 1. The Morgan fingerprint density at radius 3 is 2.40 bits per heavy atom. The van der Waals surface area contributed by atoms with Gasteiger partial charge in [-0.15, -0.1) is 0 Å². The zero-order valence-electron chi connectivity index (χ0n) is 18.6. The van der Waals surface area contributed by atoms with Crippen LogP contribution in [0.4, 0.5) is 0 Å². The van der Waals surface area contributed by atoms with Gasteiger partial charge in [0.2, 0.25) is 5.91 Å². The first-order chi connectivity index (χ1) is 14.2. The second-order valence-corrected chi connectivity index (χ2v) is 8.01. The molecule has 0 unspecified atom stereocenters. The van der Waals surface area contributed by atoms with E-state index in [4.69, 9.17) is 4.74 Å². The third kappa shape index (κ3) is 3.66. The molecule has 0 aliphatic heterocycles. The first-order valence-corrected chi connectivity index (χ1v) is 10.4. The Bertz CT molecular complexity index is 977. The lowest BCUT2D eigenvalue weighted by Gasteiger charge is -2.27. The van der Waals surface area contributed by atoms with Crippen LogP contribution < -0.4 is 0 Å². The molecule has 2 aromatic rings. The molecule has 1 aliphatic rings. The van der Waals surface area contributed by atoms with Crippen LogP contribution in [0.25, 0.3) is 0 Å². The van der Waals surface area contributed by atoms with E-state index in [1.807, 2.05) is 44.2 Å². The van der Waals surface area contributed by atoms with Crippen LogP contribution in [0.1, 0.15) is 63.9 Å². The van der Waals surface area contributed by atoms with E-state index in [0.717, 1.165) is 6.42 Å². The SMILES string of the molecule is CCN(C(=O)[C@H]1C[C@H]1c1ccccc1)[C@@H](C)C(=O)c1c(C)c(C(=O)OC)n(C)c1C. The monoisotopic (exact) mass is 410 g/mol. The van der Waals surface area contributed by atoms with Gasteiger partial charge in [-0.25, -0.2) is 4.79 Å². The molecule has 0 spiro atoms. The fourth-order valence-electron chi connectivity index (χ4n) is 4.45. The fraction of sp³-hybridized carbons (Fsp3) is 0.458. The Hall–Kier alpha value is -2.89. The van der Waals surface area contributed by atoms with Gasteiger partial charge in [0, 0.05) is 30.8 Å². The van der Waals surface area contributed by atoms with Gasteiger partial charge in [-0.2, -0.15) is 0 Å². The molecule has 160 valence electrons. The number of esters is 1. The lowest BCUT2D eigenvalue weighted by Crippen LogP contribution is -2.44. The lowest BCUT2D eigenvalue weighted by atomic mass is 9.99. The maximum absolute atomic E-state index is 13.4. The number of methoxy groups -OCH3 is 1. The topological polar surface area (TPSA) is 68.6 Å². The highest BCUT2D eigenvalue weighted by Crippen LogP contribution is 2.48. The number of aromatic nitrogens is 1. The molecule has 1 aromatic carbocycles. The summed E-state index contributed by atoms with van der Waals surface area (Å²) in [6.07, 6.45) is 0.816. The summed E-state index contributed by atoms with van der Waals surface area (Å²) in [5.74, 6) is -0.459. The third-order valence-corrected chi connectivity index (χ3v) is 6.36. The molecule has 30 heavy (non-hydrogen) atoms. The van der Waals surface area contributed by atoms with Crippen LogP contribution in [-0.4, -0.2) is 46.8 Å². The molecule has 0 N–H and O–H groups in total. The summed E-state index contributed by atoms with van der Waals surface area (Å²) < 4.78 is 6.56. The van der Waals surface area contributed by atoms with Crippen molar-refractivity contribution in [2.24, 2.45) is 13.0 Å². The fourth-order valence-corrected chi connectivity index (χ4v) is 4.45. The Labute approximate surface area is 177 Å². The minimum atomic E-state index is -0.607. The summed E-state index contributed by atoms with van der Waals surface area (Å²) in [5.41, 5.74) is 3.32. The predicted molar refractivity (Wildman–Crippen MR) is 115 cm³/mol. The molecule has 1 amide bonds. The van der Waals surface area contributed by atoms with Crippen LogP contribution in [0.3, 0.4) is 0 Å². The summed E-state index contributed by atoms with van der Waals surface area (Å²) >= 11 is 0. The molecule has 1 heterocycles. The molecule has 6 nitrogen and oxygen atoms in total. The van der Waals surface area contributed by atoms with Gasteiger partial charge in [0.25, 0.3) is 0 Å². The van der Waals surface area contributed by atoms with Crippen LogP contribution in [0.2, 0.25) is 0 Å². The third-order valence-electron chi connectivity index (χ3n) is 6.36. The number of Topliss-reactive ketones (excluding diaryl/α,β-unsaturated/α-hetero) is 1. The zero-order chi connectivity index (χ0) is 22.2. The highest BCUT2D eigenvalue weighted by molar-refractivity contribution is 6.06. The number of nitrogens with zero attached hydrogens (tertiary/aromatic N) is 2. The van der Waals surface area contributed by atoms with Gasteiger partial charge < -0.3 is 14.2 Å². The molecule has 1 fully saturated rings. The average molecular weight is 411 g/mol. The molecule has 0 radical (unpaired) electrons. The zero-order valence-corrected chi connectivity index (χ0v) is 18.6. The van der Waals surface area contributed by atoms with E-state index in [-0.39, 0.29) is 23.5 Å². The van der Waals surface area contributed by atoms with E-state index < -0.39 is 12.0 Å². The van der Waals surface area contributed by atoms with Crippen molar-refractivity contribution in [3.8, 4) is 0 Å². The van der Waals surface area contributed by atoms with E-state index in [1.54, 1.807) is 30.4 Å². The smallest absolute Gasteiger partial charge is 0.354 e. The van der Waals surface area contributed by atoms with Crippen molar-refractivity contribution in [2.45, 2.75) is 46.1 Å². The number of carbonyl (C=O) groups is 3. The number of likely N-dealkylation sites (N-methyl/N-ethyl adjacent to an activating group) is 1. The van der Waals surface area contributed by atoms with Crippen LogP contribution in [-0.2, 0) is 16.6 Å². The largest absolute Gasteiger partial charge is 0.464 e. The molecule has 1 aromatic heterocycles. The van der Waals surface area contributed by atoms with Crippen LogP contribution in [0.5, 0.6) is 0 Å². The minimum Gasteiger partial charge on any atom is -0.464 e. The van der Waals surface area contributed by atoms with Crippen LogP contribution in [0.15, 0.2) is 30.3 Å². The van der Waals surface area contributed by atoms with Crippen molar-refractivity contribution in [3.63, 3.8) is 0 Å². The van der Waals surface area contributed by atoms with Crippen LogP contribution >= 0.6 is 0 Å². The van der Waals surface area contributed by atoms with Gasteiger partial charge in [-0.05, 0) is 51.2 Å². The van der Waals surface area contributed by atoms with Gasteiger partial charge in [0.15, 0.2) is 5.78 Å². The van der Waals surface area contributed by atoms with Crippen molar-refractivity contribution in [1.29, 1.82) is 0 Å². The molecule has 1 saturated carbocycles. The number of amides is 1. The van der Waals surface area contributed by atoms with E-state index in [2.05, 4.69) is 0 Å². The van der Waals surface area contributed by atoms with E-state index in [9.17, 15) is 14.4 Å². The van der Waals surface area contributed by atoms with Gasteiger partial charge >= 0.3 is 5.97 Å². The highest BCUT2D eigenvalue weighted by atomic mass is 16.5. The van der Waals surface area contributed by atoms with E-state index >= 15 is 0 Å². The Kier molecular flexibility index (Phi) is 6.15. The van der Waals surface area contributed by atoms with Crippen molar-refractivity contribution < 1.29 is 19.1 Å². The van der Waals surface area contributed by atoms with Crippen molar-refractivity contribution >= 4 is 17.7 Å². The molecule has 3 atom stereocenters. The standard InChI is InChI=1S/C24H30N2O4/c1-7-26(23(28)19-13-18(19)17-11-9-8-10-12-17)16(4)22(27)20-14(2)21(24(29)30-6)25(5)15(20)3/h8-12,16,18-19H,7,13H2,1-6H3/t16-,18-,19-/m0/s1. The van der Waals surface area contributed by atoms with Crippen LogP contribution in [0, 0.1) is 19.8 Å². The maximum Gasteiger partial charge on any atom is 0.354 e. The summed E-state index contributed by atoms with van der Waals surface area (Å²) in [7, 11) is 3.07. The average Bonchev–Trinajstić information content (AvgIpc) is 3.51. The molecule has 0 bridgehead atoms. The molecular weight excluding hydrogens is 380 g/mol. The molecular formula is C24H30N2O4. The number of ether oxygens (including phenoxy) is 1. The van der Waals surface area contributed by atoms with Crippen molar-refractivity contribution in [2.75, 3.05) is 13.7 Å². The molecule has 6 heteroatoms. The van der Waals surface area contributed by atoms with Crippen molar-refractivity contribution in [3.05, 3.63) is 58.4 Å². The highest BCUT2D eigenvalue weighted by Gasteiger charge is 2.47. The Morgan fingerprint density at radius 1 is 1.20 bits per heavy atom. The second kappa shape index (κ2) is 8.46. The summed E-state index contributed by atoms with van der Waals surface area (Å²) in [4.78, 5) is 40.4. The van der Waals surface area contributed by atoms with Gasteiger partial charge in [-0.1, -0.05) is 30.3 Å². The van der Waals surface area contributed by atoms with Gasteiger partial charge in [-0.3, -0.25) is 9.59 Å². The molecule has 1 aliphatic carbocycles. The normalized spacial score (nSPS) is 18.6. The molecule has 0 saturated heterocycles. The molecule has 3 rings (SSSR count). The number of hydrogen-bond donors (Lipinski definition) is 0. The number of benzene rings is 1. The second-order valence-electron chi connectivity index (χ2n) is 8.01. The quantitative estimate of drug-likeness (QED) is 0.516. The summed E-state index contributed by atoms with van der Waals surface area (Å²) in [6, 6.07) is 9.43. The number of hydrogen-bond acceptors (Lipinski definition) is 4. The van der Waals surface area contributed by atoms with E-state index in [0.29, 0.717) is 29.1 Å². The Morgan fingerprint density at radius 2 is 1.83 bits per heavy atom. The van der Waals surface area contributed by atoms with E-state index in [1.165, 1.54) is 12.7 Å². The minimum absolute atomic E-state index is 0.0200. The van der Waals surface area contributed by atoms with Gasteiger partial charge in [0.05, 0.1) is 13.2 Å². The van der Waals surface area contributed by atoms with Gasteiger partial charge in [0.1, 0.15) is 5.69 Å². The number of carbonyl (C=O) groups excluding carboxylic acids is 3. The summed E-state index contributed by atoms with van der Waals surface area (Å²) in [6.45, 7) is 7.69. The first kappa shape index (κ1) is 21.8. The van der Waals surface area contributed by atoms with Crippen molar-refractivity contribution in [1.82, 2.24) is 9.47 Å². The number of rotatable bonds is 7. The summed E-state index contributed by atoms with van der Waals surface area (Å²) in [5, 5.41) is 0. The Balaban J connectivity index is 1.83. The maximum atomic E-state index is 13.4. The lowest BCUT2D eigenvalue weighted by molar-refractivity contribution is -0.133. The first-order valence-electron chi connectivity index (χ1n) is 10.4. The predicted octanol–water partition coefficient (Wildman–Crippen LogP) is 3.65.